The molecule has 0 radical (unpaired) electrons. The van der Waals surface area contributed by atoms with Gasteiger partial charge in [0.2, 0.25) is 0 Å². The monoisotopic (exact) mass is 624 g/mol. The first-order chi connectivity index (χ1) is 21.3. The Morgan fingerprint density at radius 3 is 1.91 bits per heavy atom. The third kappa shape index (κ3) is 6.44. The van der Waals surface area contributed by atoms with Crippen molar-refractivity contribution in [1.82, 2.24) is 4.48 Å². The van der Waals surface area contributed by atoms with Crippen LogP contribution >= 0.6 is 19.7 Å². The van der Waals surface area contributed by atoms with Crippen LogP contribution in [0.1, 0.15) is 62.2 Å². The maximum Gasteiger partial charge on any atom is 0.677 e. The largest absolute Gasteiger partial charge is 0.677 e. The molecular formula is C37H40BF2N2PS. The molecule has 0 bridgehead atoms. The molecule has 0 N–H and O–H groups in total. The Kier molecular flexibility index (Phi) is 10.4. The summed E-state index contributed by atoms with van der Waals surface area (Å²) in [7, 11) is -3.09. The fraction of sp³-hybridized carbons (Fsp3) is 0.270. The zero-order chi connectivity index (χ0) is 31.4. The Morgan fingerprint density at radius 1 is 0.818 bits per heavy atom. The minimum atomic E-state index is -2.64. The Morgan fingerprint density at radius 2 is 1.41 bits per heavy atom. The third-order valence-corrected chi connectivity index (χ3v) is 12.4. The summed E-state index contributed by atoms with van der Waals surface area (Å²) in [6.45, 7) is 12.1. The highest BCUT2D eigenvalue weighted by atomic mass is 32.2. The second-order valence-corrected chi connectivity index (χ2v) is 14.6. The maximum absolute atomic E-state index is 14.7. The quantitative estimate of drug-likeness (QED) is 0.0923. The van der Waals surface area contributed by atoms with Crippen molar-refractivity contribution in [1.29, 1.82) is 0 Å². The van der Waals surface area contributed by atoms with Crippen LogP contribution in [-0.4, -0.2) is 29.5 Å². The molecule has 0 spiro atoms. The number of aromatic nitrogens is 1. The lowest BCUT2D eigenvalue weighted by Crippen LogP contribution is -2.18. The van der Waals surface area contributed by atoms with Gasteiger partial charge in [-0.2, -0.15) is 0 Å². The molecule has 0 amide bonds. The van der Waals surface area contributed by atoms with E-state index in [0.717, 1.165) is 57.6 Å². The van der Waals surface area contributed by atoms with E-state index in [-0.39, 0.29) is 0 Å². The van der Waals surface area contributed by atoms with Gasteiger partial charge in [0.1, 0.15) is 0 Å². The highest BCUT2D eigenvalue weighted by molar-refractivity contribution is 7.99. The summed E-state index contributed by atoms with van der Waals surface area (Å²) in [5.74, 6) is 0.986. The molecule has 2 nitrogen and oxygen atoms in total. The predicted molar refractivity (Wildman–Crippen MR) is 190 cm³/mol. The van der Waals surface area contributed by atoms with Crippen LogP contribution < -0.4 is 10.6 Å². The number of hydrogen-bond donors (Lipinski definition) is 0. The minimum absolute atomic E-state index is 0.454. The number of allylic oxidation sites excluding steroid dienone is 2. The second kappa shape index (κ2) is 14.3. The third-order valence-electron chi connectivity index (χ3n) is 8.61. The number of nitrogens with zero attached hydrogens (tertiary/aromatic N) is 2. The molecule has 226 valence electrons. The average Bonchev–Trinajstić information content (AvgIpc) is 3.46. The Hall–Kier alpha value is -3.21. The van der Waals surface area contributed by atoms with E-state index in [0.29, 0.717) is 17.8 Å². The van der Waals surface area contributed by atoms with Gasteiger partial charge in [-0.05, 0) is 105 Å². The van der Waals surface area contributed by atoms with Crippen molar-refractivity contribution in [2.75, 3.05) is 11.9 Å². The van der Waals surface area contributed by atoms with Crippen LogP contribution in [0, 0.1) is 13.8 Å². The molecule has 3 aromatic carbocycles. The van der Waals surface area contributed by atoms with Gasteiger partial charge in [-0.3, -0.25) is 13.6 Å². The molecule has 5 rings (SSSR count). The number of aliphatic imine (C=N–C) groups is 1. The molecular weight excluding hydrogens is 584 g/mol. The standard InChI is InChI=1S/C37H40BF2N2PS/c1-7-33-25(3)36(41-27(33)5)35(37-26(4)34(8-2)28(6)42(37)38(39)40)29-19-21-32(22-20-29)44-24-23-43(30-15-11-9-12-16-30)31-17-13-10-14-18-31/h9-22H,7-8,23-24H2,1-6H3/b36-35-. The molecule has 0 fully saturated rings. The average molecular weight is 625 g/mol. The highest BCUT2D eigenvalue weighted by Crippen LogP contribution is 2.41. The zero-order valence-corrected chi connectivity index (χ0v) is 28.2. The van der Waals surface area contributed by atoms with Crippen LogP contribution in [-0.2, 0) is 6.42 Å². The van der Waals surface area contributed by atoms with Gasteiger partial charge in [-0.15, -0.1) is 11.8 Å². The lowest BCUT2D eigenvalue weighted by atomic mass is 9.92. The van der Waals surface area contributed by atoms with E-state index >= 15 is 0 Å². The molecule has 0 aliphatic carbocycles. The first kappa shape index (κ1) is 32.2. The normalized spacial score (nSPS) is 14.4. The zero-order valence-electron chi connectivity index (χ0n) is 26.5. The van der Waals surface area contributed by atoms with Crippen molar-refractivity contribution in [2.45, 2.75) is 59.3 Å². The van der Waals surface area contributed by atoms with E-state index in [2.05, 4.69) is 98.8 Å². The van der Waals surface area contributed by atoms with E-state index < -0.39 is 15.3 Å². The van der Waals surface area contributed by atoms with Crippen molar-refractivity contribution in [3.8, 4) is 0 Å². The van der Waals surface area contributed by atoms with Gasteiger partial charge < -0.3 is 4.48 Å². The van der Waals surface area contributed by atoms with E-state index in [9.17, 15) is 8.63 Å². The van der Waals surface area contributed by atoms with Crippen molar-refractivity contribution in [3.05, 3.63) is 130 Å². The number of hydrogen-bond acceptors (Lipinski definition) is 2. The molecule has 7 heteroatoms. The molecule has 0 unspecified atom stereocenters. The van der Waals surface area contributed by atoms with Crippen molar-refractivity contribution < 1.29 is 8.63 Å². The van der Waals surface area contributed by atoms with Gasteiger partial charge in [-0.1, -0.05) is 86.6 Å². The number of rotatable bonds is 11. The van der Waals surface area contributed by atoms with Gasteiger partial charge in [-0.25, -0.2) is 0 Å². The summed E-state index contributed by atoms with van der Waals surface area (Å²) in [6, 6.07) is 30.1. The lowest BCUT2D eigenvalue weighted by molar-refractivity contribution is 0.623. The summed E-state index contributed by atoms with van der Waals surface area (Å²) in [4.78, 5) is 6.17. The first-order valence-corrected chi connectivity index (χ1v) is 17.9. The fourth-order valence-corrected chi connectivity index (χ4v) is 10.00. The molecule has 1 aliphatic rings. The topological polar surface area (TPSA) is 17.3 Å². The highest BCUT2D eigenvalue weighted by Gasteiger charge is 2.32. The molecule has 1 aromatic heterocycles. The van der Waals surface area contributed by atoms with Gasteiger partial charge in [0.25, 0.3) is 0 Å². The van der Waals surface area contributed by atoms with Crippen LogP contribution in [0.2, 0.25) is 0 Å². The maximum atomic E-state index is 14.7. The summed E-state index contributed by atoms with van der Waals surface area (Å²) >= 11 is 1.85. The first-order valence-electron chi connectivity index (χ1n) is 15.4. The van der Waals surface area contributed by atoms with E-state index in [1.807, 2.05) is 39.5 Å². The van der Waals surface area contributed by atoms with Crippen molar-refractivity contribution >= 4 is 49.0 Å². The molecule has 2 heterocycles. The predicted octanol–water partition coefficient (Wildman–Crippen LogP) is 9.62. The molecule has 0 saturated heterocycles. The Labute approximate surface area is 267 Å². The number of halogens is 2. The molecule has 1 aliphatic heterocycles. The molecule has 4 aromatic rings. The van der Waals surface area contributed by atoms with Crippen LogP contribution in [0.3, 0.4) is 0 Å². The minimum Gasteiger partial charge on any atom is -0.329 e. The lowest BCUT2D eigenvalue weighted by Gasteiger charge is -2.19. The van der Waals surface area contributed by atoms with Crippen LogP contribution in [0.4, 0.5) is 8.63 Å². The van der Waals surface area contributed by atoms with E-state index in [1.54, 1.807) is 0 Å². The second-order valence-electron chi connectivity index (χ2n) is 11.1. The van der Waals surface area contributed by atoms with Gasteiger partial charge in [0, 0.05) is 33.3 Å². The molecule has 44 heavy (non-hydrogen) atoms. The van der Waals surface area contributed by atoms with E-state index in [1.165, 1.54) is 25.6 Å². The van der Waals surface area contributed by atoms with Crippen molar-refractivity contribution in [2.24, 2.45) is 4.99 Å². The van der Waals surface area contributed by atoms with E-state index in [4.69, 9.17) is 4.99 Å². The summed E-state index contributed by atoms with van der Waals surface area (Å²) in [5, 5.41) is 2.78. The Bertz CT molecular complexity index is 1670. The summed E-state index contributed by atoms with van der Waals surface area (Å²) in [5.41, 5.74) is 8.85. The number of benzene rings is 3. The summed E-state index contributed by atoms with van der Waals surface area (Å²) in [6.07, 6.45) is 2.63. The summed E-state index contributed by atoms with van der Waals surface area (Å²) < 4.78 is 30.6. The van der Waals surface area contributed by atoms with Crippen LogP contribution in [0.5, 0.6) is 0 Å². The molecule has 0 saturated carbocycles. The number of thioether (sulfide) groups is 1. The van der Waals surface area contributed by atoms with Gasteiger partial charge in [0.15, 0.2) is 0 Å². The van der Waals surface area contributed by atoms with Crippen LogP contribution in [0.25, 0.3) is 5.57 Å². The fourth-order valence-electron chi connectivity index (χ4n) is 6.46. The smallest absolute Gasteiger partial charge is 0.329 e. The molecule has 0 atom stereocenters. The Balaban J connectivity index is 1.49. The SMILES string of the molecule is CCC1=C(C)/C(=C(\c2ccc(SCCP(c3ccccc3)c3ccccc3)cc2)c2c(C)c(CC)c(C)n2B(F)F)N=C1C. The van der Waals surface area contributed by atoms with Crippen molar-refractivity contribution in [3.63, 3.8) is 0 Å². The van der Waals surface area contributed by atoms with Crippen LogP contribution in [0.15, 0.2) is 112 Å². The van der Waals surface area contributed by atoms with Gasteiger partial charge >= 0.3 is 7.40 Å². The van der Waals surface area contributed by atoms with Gasteiger partial charge in [0.05, 0.1) is 5.70 Å².